The van der Waals surface area contributed by atoms with Crippen LogP contribution in [-0.4, -0.2) is 24.5 Å². The van der Waals surface area contributed by atoms with Gasteiger partial charge in [-0.2, -0.15) is 5.26 Å². The Hall–Kier alpha value is -2.48. The Morgan fingerprint density at radius 3 is 2.45 bits per heavy atom. The van der Waals surface area contributed by atoms with Crippen LogP contribution in [0.1, 0.15) is 73.2 Å². The van der Waals surface area contributed by atoms with Gasteiger partial charge in [0.1, 0.15) is 6.29 Å². The summed E-state index contributed by atoms with van der Waals surface area (Å²) in [6, 6.07) is 19.7. The maximum absolute atomic E-state index is 10.5. The third-order valence-corrected chi connectivity index (χ3v) is 5.73. The number of rotatable bonds is 7. The Kier molecular flexibility index (Phi) is 9.56. The third kappa shape index (κ3) is 6.81. The van der Waals surface area contributed by atoms with Crippen molar-refractivity contribution < 1.29 is 9.90 Å². The van der Waals surface area contributed by atoms with Crippen molar-refractivity contribution >= 4 is 6.29 Å². The second-order valence-corrected chi connectivity index (χ2v) is 7.62. The lowest BCUT2D eigenvalue weighted by Crippen LogP contribution is -2.34. The van der Waals surface area contributed by atoms with Crippen molar-refractivity contribution in [1.29, 1.82) is 5.26 Å². The first-order chi connectivity index (χ1) is 14.2. The summed E-state index contributed by atoms with van der Waals surface area (Å²) in [7, 11) is 1.00. The van der Waals surface area contributed by atoms with E-state index in [0.717, 1.165) is 25.4 Å². The van der Waals surface area contributed by atoms with Gasteiger partial charge in [-0.15, -0.1) is 0 Å². The molecule has 2 aromatic rings. The molecule has 1 saturated carbocycles. The molecule has 1 atom stereocenters. The smallest absolute Gasteiger partial charge is 0.120 e. The molecule has 154 valence electrons. The predicted molar refractivity (Wildman–Crippen MR) is 117 cm³/mol. The van der Waals surface area contributed by atoms with E-state index in [9.17, 15) is 4.79 Å². The standard InChI is InChI=1S/C24H28N2O.CH4O/c1-18(23-6-2-4-20(16-23)17-25)26-24-13-11-22(12-14-24)21-9-7-19(8-10-21)5-3-15-27;1-2/h2,4,6-10,15-16,18,22,24,26H,3,5,11-14H2,1H3;2H,1H3. The molecule has 1 aliphatic rings. The first-order valence-corrected chi connectivity index (χ1v) is 10.4. The molecule has 0 saturated heterocycles. The van der Waals surface area contributed by atoms with Crippen LogP contribution in [0, 0.1) is 11.3 Å². The Morgan fingerprint density at radius 1 is 1.14 bits per heavy atom. The molecule has 29 heavy (non-hydrogen) atoms. The molecule has 1 aliphatic carbocycles. The lowest BCUT2D eigenvalue weighted by Gasteiger charge is -2.31. The van der Waals surface area contributed by atoms with E-state index in [2.05, 4.69) is 48.6 Å². The Balaban J connectivity index is 0.00000145. The number of aldehydes is 1. The zero-order chi connectivity index (χ0) is 21.1. The SMILES string of the molecule is CC(NC1CCC(c2ccc(CCC=O)cc2)CC1)c1cccc(C#N)c1.CO. The van der Waals surface area contributed by atoms with Crippen LogP contribution in [-0.2, 0) is 11.2 Å². The summed E-state index contributed by atoms with van der Waals surface area (Å²) in [5.74, 6) is 0.639. The van der Waals surface area contributed by atoms with Gasteiger partial charge in [0.15, 0.2) is 0 Å². The lowest BCUT2D eigenvalue weighted by molar-refractivity contribution is -0.107. The number of nitrogens with zero attached hydrogens (tertiary/aromatic N) is 1. The molecule has 2 aromatic carbocycles. The van der Waals surface area contributed by atoms with E-state index in [1.807, 2.05) is 18.2 Å². The first kappa shape index (κ1) is 22.8. The molecule has 0 spiro atoms. The van der Waals surface area contributed by atoms with Crippen molar-refractivity contribution in [3.8, 4) is 6.07 Å². The number of nitriles is 1. The van der Waals surface area contributed by atoms with Gasteiger partial charge < -0.3 is 15.2 Å². The van der Waals surface area contributed by atoms with Crippen LogP contribution in [0.25, 0.3) is 0 Å². The van der Waals surface area contributed by atoms with Crippen LogP contribution in [0.2, 0.25) is 0 Å². The molecule has 0 aromatic heterocycles. The summed E-state index contributed by atoms with van der Waals surface area (Å²) < 4.78 is 0. The molecule has 4 heteroatoms. The maximum atomic E-state index is 10.5. The summed E-state index contributed by atoms with van der Waals surface area (Å²) in [4.78, 5) is 10.5. The van der Waals surface area contributed by atoms with Crippen molar-refractivity contribution in [3.05, 3.63) is 70.8 Å². The highest BCUT2D eigenvalue weighted by atomic mass is 16.2. The van der Waals surface area contributed by atoms with Crippen molar-refractivity contribution in [1.82, 2.24) is 5.32 Å². The van der Waals surface area contributed by atoms with Crippen LogP contribution in [0.4, 0.5) is 0 Å². The quantitative estimate of drug-likeness (QED) is 0.671. The van der Waals surface area contributed by atoms with Crippen molar-refractivity contribution in [3.63, 3.8) is 0 Å². The summed E-state index contributed by atoms with van der Waals surface area (Å²) >= 11 is 0. The Bertz CT molecular complexity index is 787. The van der Waals surface area contributed by atoms with Crippen LogP contribution in [0.15, 0.2) is 48.5 Å². The minimum atomic E-state index is 0.261. The molecule has 2 N–H and O–H groups in total. The van der Waals surface area contributed by atoms with Gasteiger partial charge in [-0.05, 0) is 73.8 Å². The van der Waals surface area contributed by atoms with Crippen molar-refractivity contribution in [2.24, 2.45) is 0 Å². The minimum Gasteiger partial charge on any atom is -0.400 e. The number of hydrogen-bond acceptors (Lipinski definition) is 4. The monoisotopic (exact) mass is 392 g/mol. The zero-order valence-corrected chi connectivity index (χ0v) is 17.5. The normalized spacial score (nSPS) is 19.4. The average Bonchev–Trinajstić information content (AvgIpc) is 2.80. The fourth-order valence-corrected chi connectivity index (χ4v) is 4.10. The molecule has 4 nitrogen and oxygen atoms in total. The van der Waals surface area contributed by atoms with E-state index in [0.29, 0.717) is 18.4 Å². The molecule has 0 aliphatic heterocycles. The number of hydrogen-bond donors (Lipinski definition) is 2. The summed E-state index contributed by atoms with van der Waals surface area (Å²) in [6.07, 6.45) is 7.20. The second kappa shape index (κ2) is 12.2. The van der Waals surface area contributed by atoms with Gasteiger partial charge in [0, 0.05) is 25.6 Å². The molecular weight excluding hydrogens is 360 g/mol. The van der Waals surface area contributed by atoms with Gasteiger partial charge in [0.25, 0.3) is 0 Å². The van der Waals surface area contributed by atoms with Gasteiger partial charge in [-0.1, -0.05) is 36.4 Å². The largest absolute Gasteiger partial charge is 0.400 e. The van der Waals surface area contributed by atoms with Gasteiger partial charge in [-0.3, -0.25) is 0 Å². The highest BCUT2D eigenvalue weighted by Gasteiger charge is 2.23. The number of aliphatic hydroxyl groups is 1. The van der Waals surface area contributed by atoms with E-state index in [-0.39, 0.29) is 6.04 Å². The van der Waals surface area contributed by atoms with E-state index in [4.69, 9.17) is 10.4 Å². The molecule has 3 rings (SSSR count). The number of nitrogens with one attached hydrogen (secondary N) is 1. The van der Waals surface area contributed by atoms with Gasteiger partial charge >= 0.3 is 0 Å². The average molecular weight is 393 g/mol. The molecule has 0 heterocycles. The summed E-state index contributed by atoms with van der Waals surface area (Å²) in [5, 5.41) is 19.8. The molecule has 0 amide bonds. The Labute approximate surface area is 174 Å². The topological polar surface area (TPSA) is 73.1 Å². The molecule has 0 bridgehead atoms. The van der Waals surface area contributed by atoms with Gasteiger partial charge in [-0.25, -0.2) is 0 Å². The van der Waals surface area contributed by atoms with Crippen LogP contribution in [0.3, 0.4) is 0 Å². The first-order valence-electron chi connectivity index (χ1n) is 10.4. The third-order valence-electron chi connectivity index (χ3n) is 5.73. The minimum absolute atomic E-state index is 0.261. The lowest BCUT2D eigenvalue weighted by atomic mass is 9.81. The van der Waals surface area contributed by atoms with Gasteiger partial charge in [0.2, 0.25) is 0 Å². The van der Waals surface area contributed by atoms with Crippen LogP contribution in [0.5, 0.6) is 0 Å². The van der Waals surface area contributed by atoms with Crippen molar-refractivity contribution in [2.45, 2.75) is 63.5 Å². The molecule has 1 fully saturated rings. The number of carbonyl (C=O) groups excluding carboxylic acids is 1. The second-order valence-electron chi connectivity index (χ2n) is 7.62. The number of aryl methyl sites for hydroxylation is 1. The maximum Gasteiger partial charge on any atom is 0.120 e. The van der Waals surface area contributed by atoms with E-state index in [1.54, 1.807) is 0 Å². The highest BCUT2D eigenvalue weighted by molar-refractivity contribution is 5.50. The van der Waals surface area contributed by atoms with Gasteiger partial charge in [0.05, 0.1) is 11.6 Å². The van der Waals surface area contributed by atoms with E-state index >= 15 is 0 Å². The highest BCUT2D eigenvalue weighted by Crippen LogP contribution is 2.34. The number of benzene rings is 2. The fraction of sp³-hybridized carbons (Fsp3) is 0.440. The van der Waals surface area contributed by atoms with E-state index < -0.39 is 0 Å². The summed E-state index contributed by atoms with van der Waals surface area (Å²) in [5.41, 5.74) is 4.58. The molecule has 1 unspecified atom stereocenters. The van der Waals surface area contributed by atoms with E-state index in [1.165, 1.54) is 42.4 Å². The Morgan fingerprint density at radius 2 is 1.83 bits per heavy atom. The fourth-order valence-electron chi connectivity index (χ4n) is 4.10. The van der Waals surface area contributed by atoms with Crippen LogP contribution >= 0.6 is 0 Å². The van der Waals surface area contributed by atoms with Crippen LogP contribution < -0.4 is 5.32 Å². The zero-order valence-electron chi connectivity index (χ0n) is 17.5. The number of carbonyl (C=O) groups is 1. The molecular formula is C25H32N2O2. The summed E-state index contributed by atoms with van der Waals surface area (Å²) in [6.45, 7) is 2.18. The number of aliphatic hydroxyl groups excluding tert-OH is 1. The molecule has 0 radical (unpaired) electrons. The van der Waals surface area contributed by atoms with Crippen molar-refractivity contribution in [2.75, 3.05) is 7.11 Å². The predicted octanol–water partition coefficient (Wildman–Crippen LogP) is 4.68.